The Kier molecular flexibility index (Phi) is 11.7. The summed E-state index contributed by atoms with van der Waals surface area (Å²) >= 11 is 0. The summed E-state index contributed by atoms with van der Waals surface area (Å²) in [6.45, 7) is 9.85. The molecule has 0 fully saturated rings. The zero-order chi connectivity index (χ0) is 28.6. The van der Waals surface area contributed by atoms with Gasteiger partial charge in [-0.2, -0.15) is 0 Å². The molecule has 0 heterocycles. The van der Waals surface area contributed by atoms with E-state index in [-0.39, 0.29) is 39.6 Å². The van der Waals surface area contributed by atoms with Crippen molar-refractivity contribution in [1.82, 2.24) is 0 Å². The molecular weight excluding hydrogens is 512 g/mol. The van der Waals surface area contributed by atoms with Crippen molar-refractivity contribution < 1.29 is 38.0 Å². The molecule has 0 aromatic heterocycles. The van der Waals surface area contributed by atoms with Gasteiger partial charge in [0, 0.05) is 5.41 Å². The van der Waals surface area contributed by atoms with Crippen LogP contribution in [-0.4, -0.2) is 52.0 Å². The van der Waals surface area contributed by atoms with Crippen LogP contribution in [0.5, 0.6) is 11.5 Å². The minimum absolute atomic E-state index is 0.0688. The van der Waals surface area contributed by atoms with Crippen LogP contribution in [0.4, 0.5) is 9.59 Å². The highest BCUT2D eigenvalue weighted by molar-refractivity contribution is 5.60. The lowest BCUT2D eigenvalue weighted by Crippen LogP contribution is -2.25. The number of benzene rings is 3. The Morgan fingerprint density at radius 2 is 1.00 bits per heavy atom. The molecule has 0 spiro atoms. The van der Waals surface area contributed by atoms with E-state index in [0.717, 1.165) is 16.7 Å². The van der Waals surface area contributed by atoms with Crippen molar-refractivity contribution in [2.24, 2.45) is 0 Å². The molecule has 3 aromatic carbocycles. The number of hydrogen-bond donors (Lipinski definition) is 0. The molecule has 0 unspecified atom stereocenters. The predicted octanol–water partition coefficient (Wildman–Crippen LogP) is 6.48. The number of ether oxygens (including phenoxy) is 6. The molecule has 0 N–H and O–H groups in total. The van der Waals surface area contributed by atoms with Gasteiger partial charge in [0.05, 0.1) is 0 Å². The Labute approximate surface area is 234 Å². The third-order valence-electron chi connectivity index (χ3n) is 6.00. The van der Waals surface area contributed by atoms with E-state index in [2.05, 4.69) is 32.2 Å². The van der Waals surface area contributed by atoms with E-state index in [4.69, 9.17) is 28.4 Å². The zero-order valence-electron chi connectivity index (χ0n) is 22.6. The standard InChI is InChI=1S/C32H34O8/c1-4-19-37-30(33)39-23-21-35-28-15-11-26(12-16-28)32(3,25-9-7-6-8-10-25)27-13-17-29(18-14-27)36-22-24-40-31(34)38-20-5-2/h4-18H,1-2,19-24H2,3H3. The first-order valence-electron chi connectivity index (χ1n) is 12.8. The lowest BCUT2D eigenvalue weighted by molar-refractivity contribution is 0.0525. The van der Waals surface area contributed by atoms with Crippen LogP contribution in [0, 0.1) is 0 Å². The third-order valence-corrected chi connectivity index (χ3v) is 6.00. The highest BCUT2D eigenvalue weighted by Crippen LogP contribution is 2.39. The molecule has 210 valence electrons. The third kappa shape index (κ3) is 8.66. The van der Waals surface area contributed by atoms with Gasteiger partial charge < -0.3 is 28.4 Å². The van der Waals surface area contributed by atoms with Gasteiger partial charge in [-0.3, -0.25) is 0 Å². The summed E-state index contributed by atoms with van der Waals surface area (Å²) in [7, 11) is 0. The van der Waals surface area contributed by atoms with Crippen molar-refractivity contribution in [2.75, 3.05) is 39.6 Å². The first kappa shape index (κ1) is 29.8. The van der Waals surface area contributed by atoms with Gasteiger partial charge in [0.25, 0.3) is 0 Å². The predicted molar refractivity (Wildman–Crippen MR) is 151 cm³/mol. The molecule has 0 aliphatic heterocycles. The minimum Gasteiger partial charge on any atom is -0.490 e. The summed E-state index contributed by atoms with van der Waals surface area (Å²) in [6, 6.07) is 25.9. The summed E-state index contributed by atoms with van der Waals surface area (Å²) in [5.74, 6) is 1.31. The maximum absolute atomic E-state index is 11.4. The molecule has 40 heavy (non-hydrogen) atoms. The maximum atomic E-state index is 11.4. The fourth-order valence-electron chi connectivity index (χ4n) is 3.95. The lowest BCUT2D eigenvalue weighted by Gasteiger charge is -2.32. The van der Waals surface area contributed by atoms with Gasteiger partial charge in [0.1, 0.15) is 51.1 Å². The van der Waals surface area contributed by atoms with Crippen LogP contribution in [0.2, 0.25) is 0 Å². The maximum Gasteiger partial charge on any atom is 0.508 e. The van der Waals surface area contributed by atoms with Crippen LogP contribution in [0.3, 0.4) is 0 Å². The van der Waals surface area contributed by atoms with Gasteiger partial charge in [-0.15, -0.1) is 0 Å². The van der Waals surface area contributed by atoms with Gasteiger partial charge >= 0.3 is 12.3 Å². The molecule has 0 aliphatic carbocycles. The van der Waals surface area contributed by atoms with E-state index in [0.29, 0.717) is 11.5 Å². The molecule has 3 aromatic rings. The van der Waals surface area contributed by atoms with Crippen LogP contribution in [0.1, 0.15) is 23.6 Å². The Morgan fingerprint density at radius 3 is 1.40 bits per heavy atom. The quantitative estimate of drug-likeness (QED) is 0.0927. The second kappa shape index (κ2) is 15.6. The number of hydrogen-bond acceptors (Lipinski definition) is 8. The summed E-state index contributed by atoms with van der Waals surface area (Å²) in [4.78, 5) is 22.8. The first-order chi connectivity index (χ1) is 19.5. The molecule has 0 bridgehead atoms. The van der Waals surface area contributed by atoms with E-state index in [9.17, 15) is 9.59 Å². The normalized spacial score (nSPS) is 10.6. The van der Waals surface area contributed by atoms with Crippen molar-refractivity contribution in [1.29, 1.82) is 0 Å². The van der Waals surface area contributed by atoms with Crippen LogP contribution >= 0.6 is 0 Å². The molecule has 0 saturated carbocycles. The average Bonchev–Trinajstić information content (AvgIpc) is 3.00. The van der Waals surface area contributed by atoms with Crippen molar-refractivity contribution >= 4 is 12.3 Å². The minimum atomic E-state index is -0.758. The van der Waals surface area contributed by atoms with E-state index < -0.39 is 17.7 Å². The van der Waals surface area contributed by atoms with E-state index >= 15 is 0 Å². The van der Waals surface area contributed by atoms with Crippen molar-refractivity contribution in [3.8, 4) is 11.5 Å². The summed E-state index contributed by atoms with van der Waals surface area (Å²) in [5, 5.41) is 0. The van der Waals surface area contributed by atoms with E-state index in [1.54, 1.807) is 0 Å². The fourth-order valence-corrected chi connectivity index (χ4v) is 3.95. The summed E-state index contributed by atoms with van der Waals surface area (Å²) < 4.78 is 30.9. The van der Waals surface area contributed by atoms with Gasteiger partial charge in [0.2, 0.25) is 0 Å². The Bertz CT molecular complexity index is 1140. The Hall–Kier alpha value is -4.72. The SMILES string of the molecule is C=CCOC(=O)OCCOc1ccc(C(C)(c2ccccc2)c2ccc(OCCOC(=O)OCC=C)cc2)cc1. The molecular formula is C32H34O8. The van der Waals surface area contributed by atoms with Crippen molar-refractivity contribution in [3.05, 3.63) is 121 Å². The van der Waals surface area contributed by atoms with Crippen LogP contribution < -0.4 is 9.47 Å². The molecule has 0 amide bonds. The largest absolute Gasteiger partial charge is 0.508 e. The summed E-state index contributed by atoms with van der Waals surface area (Å²) in [5.41, 5.74) is 2.79. The van der Waals surface area contributed by atoms with Crippen LogP contribution in [0.15, 0.2) is 104 Å². The fraction of sp³-hybridized carbons (Fsp3) is 0.250. The van der Waals surface area contributed by atoms with Crippen LogP contribution in [-0.2, 0) is 24.4 Å². The van der Waals surface area contributed by atoms with Gasteiger partial charge in [0.15, 0.2) is 0 Å². The molecule has 0 aliphatic rings. The van der Waals surface area contributed by atoms with Crippen LogP contribution in [0.25, 0.3) is 0 Å². The smallest absolute Gasteiger partial charge is 0.490 e. The second-order valence-corrected chi connectivity index (χ2v) is 8.63. The average molecular weight is 547 g/mol. The van der Waals surface area contributed by atoms with Crippen molar-refractivity contribution in [2.45, 2.75) is 12.3 Å². The first-order valence-corrected chi connectivity index (χ1v) is 12.8. The topological polar surface area (TPSA) is 89.5 Å². The highest BCUT2D eigenvalue weighted by Gasteiger charge is 2.31. The summed E-state index contributed by atoms with van der Waals surface area (Å²) in [6.07, 6.45) is 1.42. The molecule has 8 heteroatoms. The van der Waals surface area contributed by atoms with Gasteiger partial charge in [-0.1, -0.05) is 79.9 Å². The Morgan fingerprint density at radius 1 is 0.600 bits per heavy atom. The lowest BCUT2D eigenvalue weighted by atomic mass is 9.71. The Balaban J connectivity index is 1.65. The van der Waals surface area contributed by atoms with E-state index in [1.807, 2.05) is 66.7 Å². The van der Waals surface area contributed by atoms with E-state index in [1.165, 1.54) is 12.2 Å². The number of rotatable bonds is 15. The zero-order valence-corrected chi connectivity index (χ0v) is 22.6. The molecule has 0 saturated heterocycles. The number of carbonyl (C=O) groups excluding carboxylic acids is 2. The van der Waals surface area contributed by atoms with Gasteiger partial charge in [-0.05, 0) is 47.9 Å². The second-order valence-electron chi connectivity index (χ2n) is 8.63. The molecule has 0 atom stereocenters. The molecule has 0 radical (unpaired) electrons. The molecule has 8 nitrogen and oxygen atoms in total. The highest BCUT2D eigenvalue weighted by atomic mass is 16.7. The molecule has 3 rings (SSSR count). The van der Waals surface area contributed by atoms with Crippen molar-refractivity contribution in [3.63, 3.8) is 0 Å². The van der Waals surface area contributed by atoms with Gasteiger partial charge in [-0.25, -0.2) is 9.59 Å². The monoisotopic (exact) mass is 546 g/mol. The number of carbonyl (C=O) groups is 2.